The van der Waals surface area contributed by atoms with Crippen molar-refractivity contribution in [2.24, 2.45) is 5.92 Å². The molecule has 0 bridgehead atoms. The molecule has 1 aromatic carbocycles. The van der Waals surface area contributed by atoms with Crippen LogP contribution in [-0.4, -0.2) is 46.1 Å². The average molecular weight is 416 g/mol. The van der Waals surface area contributed by atoms with Crippen LogP contribution in [0.5, 0.6) is 5.75 Å². The van der Waals surface area contributed by atoms with Crippen LogP contribution in [0, 0.1) is 5.92 Å². The number of hydrogen-bond donors (Lipinski definition) is 1. The van der Waals surface area contributed by atoms with Crippen LogP contribution in [0.2, 0.25) is 0 Å². The molecule has 156 valence electrons. The Balaban J connectivity index is 1.43. The third-order valence-electron chi connectivity index (χ3n) is 5.63. The van der Waals surface area contributed by atoms with E-state index in [4.69, 9.17) is 4.74 Å². The van der Waals surface area contributed by atoms with Gasteiger partial charge in [0.05, 0.1) is 12.4 Å². The van der Waals surface area contributed by atoms with Gasteiger partial charge in [-0.25, -0.2) is 0 Å². The van der Waals surface area contributed by atoms with Crippen LogP contribution in [-0.2, 0) is 4.79 Å². The normalized spacial score (nSPS) is 18.5. The largest absolute Gasteiger partial charge is 0.497 e. The molecule has 1 saturated carbocycles. The van der Waals surface area contributed by atoms with Crippen molar-refractivity contribution in [2.45, 2.75) is 56.0 Å². The predicted octanol–water partition coefficient (Wildman–Crippen LogP) is 3.98. The van der Waals surface area contributed by atoms with Crippen molar-refractivity contribution >= 4 is 29.3 Å². The van der Waals surface area contributed by atoms with Crippen molar-refractivity contribution in [3.63, 3.8) is 0 Å². The molecule has 8 heteroatoms. The highest BCUT2D eigenvalue weighted by molar-refractivity contribution is 8.00. The molecule has 1 amide bonds. The summed E-state index contributed by atoms with van der Waals surface area (Å²) in [5.74, 6) is 2.48. The van der Waals surface area contributed by atoms with E-state index in [1.165, 1.54) is 24.6 Å². The van der Waals surface area contributed by atoms with Crippen LogP contribution < -0.4 is 15.0 Å². The predicted molar refractivity (Wildman–Crippen MR) is 116 cm³/mol. The van der Waals surface area contributed by atoms with E-state index in [0.29, 0.717) is 6.04 Å². The van der Waals surface area contributed by atoms with Crippen molar-refractivity contribution in [1.82, 2.24) is 14.8 Å². The summed E-state index contributed by atoms with van der Waals surface area (Å²) in [7, 11) is 1.63. The van der Waals surface area contributed by atoms with Gasteiger partial charge in [0.15, 0.2) is 5.16 Å². The number of aromatic nitrogens is 3. The molecule has 1 saturated heterocycles. The lowest BCUT2D eigenvalue weighted by Crippen LogP contribution is -2.34. The number of nitrogens with one attached hydrogen (secondary N) is 1. The molecule has 1 aromatic heterocycles. The lowest BCUT2D eigenvalue weighted by molar-refractivity contribution is -0.115. The second-order valence-electron chi connectivity index (χ2n) is 8.03. The molecule has 1 N–H and O–H groups in total. The first-order chi connectivity index (χ1) is 14.0. The van der Waals surface area contributed by atoms with Gasteiger partial charge in [0.2, 0.25) is 11.9 Å². The number of benzene rings is 1. The summed E-state index contributed by atoms with van der Waals surface area (Å²) in [4.78, 5) is 15.0. The van der Waals surface area contributed by atoms with Crippen LogP contribution in [0.15, 0.2) is 29.4 Å². The number of carbonyl (C=O) groups is 1. The first-order valence-corrected chi connectivity index (χ1v) is 11.2. The zero-order valence-electron chi connectivity index (χ0n) is 17.3. The molecule has 2 heterocycles. The van der Waals surface area contributed by atoms with Gasteiger partial charge in [-0.3, -0.25) is 9.36 Å². The Bertz CT molecular complexity index is 841. The van der Waals surface area contributed by atoms with E-state index in [-0.39, 0.29) is 11.2 Å². The number of thioether (sulfide) groups is 1. The fourth-order valence-corrected chi connectivity index (χ4v) is 4.47. The van der Waals surface area contributed by atoms with Gasteiger partial charge < -0.3 is 15.0 Å². The van der Waals surface area contributed by atoms with Crippen molar-refractivity contribution < 1.29 is 9.53 Å². The van der Waals surface area contributed by atoms with E-state index in [2.05, 4.69) is 31.9 Å². The van der Waals surface area contributed by atoms with E-state index in [0.717, 1.165) is 54.4 Å². The van der Waals surface area contributed by atoms with Crippen molar-refractivity contribution in [3.05, 3.63) is 24.3 Å². The highest BCUT2D eigenvalue weighted by Crippen LogP contribution is 2.42. The van der Waals surface area contributed by atoms with E-state index >= 15 is 0 Å². The zero-order chi connectivity index (χ0) is 20.4. The molecule has 29 heavy (non-hydrogen) atoms. The molecule has 2 aliphatic rings. The average Bonchev–Trinajstić information content (AvgIpc) is 3.49. The maximum Gasteiger partial charge on any atom is 0.237 e. The number of amides is 1. The number of methoxy groups -OCH3 is 1. The maximum atomic E-state index is 12.7. The fraction of sp³-hybridized carbons (Fsp3) is 0.571. The van der Waals surface area contributed by atoms with Gasteiger partial charge >= 0.3 is 0 Å². The maximum absolute atomic E-state index is 12.7. The lowest BCUT2D eigenvalue weighted by Gasteiger charge is -2.31. The molecular formula is C21H29N5O2S. The molecular weight excluding hydrogens is 386 g/mol. The van der Waals surface area contributed by atoms with Crippen molar-refractivity contribution in [1.29, 1.82) is 0 Å². The van der Waals surface area contributed by atoms with Crippen molar-refractivity contribution in [3.8, 4) is 5.75 Å². The third-order valence-corrected chi connectivity index (χ3v) is 6.69. The third kappa shape index (κ3) is 4.69. The first kappa shape index (κ1) is 20.1. The molecule has 2 aromatic rings. The van der Waals surface area contributed by atoms with E-state index in [1.54, 1.807) is 7.11 Å². The van der Waals surface area contributed by atoms with Crippen LogP contribution in [0.25, 0.3) is 0 Å². The number of rotatable bonds is 7. The van der Waals surface area contributed by atoms with E-state index < -0.39 is 0 Å². The number of piperidine rings is 1. The Kier molecular flexibility index (Phi) is 5.99. The van der Waals surface area contributed by atoms with Gasteiger partial charge in [-0.05, 0) is 62.8 Å². The summed E-state index contributed by atoms with van der Waals surface area (Å²) < 4.78 is 7.42. The highest BCUT2D eigenvalue weighted by Gasteiger charge is 2.33. The molecule has 1 aliphatic carbocycles. The zero-order valence-corrected chi connectivity index (χ0v) is 18.1. The van der Waals surface area contributed by atoms with Gasteiger partial charge in [0.1, 0.15) is 5.75 Å². The SMILES string of the molecule is COc1ccc(NC(=O)C(C)Sc2nnc(N3CCC(C)CC3)n2C2CC2)cc1. The van der Waals surface area contributed by atoms with E-state index in [9.17, 15) is 4.79 Å². The van der Waals surface area contributed by atoms with Gasteiger partial charge in [-0.2, -0.15) is 0 Å². The minimum absolute atomic E-state index is 0.0427. The number of carbonyl (C=O) groups excluding carboxylic acids is 1. The number of anilines is 2. The van der Waals surface area contributed by atoms with Gasteiger partial charge in [0, 0.05) is 24.8 Å². The van der Waals surface area contributed by atoms with Crippen molar-refractivity contribution in [2.75, 3.05) is 30.4 Å². The smallest absolute Gasteiger partial charge is 0.237 e. The Morgan fingerprint density at radius 3 is 2.48 bits per heavy atom. The number of hydrogen-bond acceptors (Lipinski definition) is 6. The summed E-state index contributed by atoms with van der Waals surface area (Å²) in [5, 5.41) is 12.5. The second-order valence-corrected chi connectivity index (χ2v) is 9.34. The Hall–Kier alpha value is -2.22. The highest BCUT2D eigenvalue weighted by atomic mass is 32.2. The minimum Gasteiger partial charge on any atom is -0.497 e. The molecule has 0 radical (unpaired) electrons. The Morgan fingerprint density at radius 2 is 1.86 bits per heavy atom. The number of nitrogens with zero attached hydrogens (tertiary/aromatic N) is 4. The molecule has 7 nitrogen and oxygen atoms in total. The van der Waals surface area contributed by atoms with Crippen LogP contribution in [0.3, 0.4) is 0 Å². The first-order valence-electron chi connectivity index (χ1n) is 10.4. The molecule has 4 rings (SSSR count). The standard InChI is InChI=1S/C21H29N5O2S/c1-14-10-12-25(13-11-14)20-23-24-21(26(20)17-6-7-17)29-15(2)19(27)22-16-4-8-18(28-3)9-5-16/h4-5,8-9,14-15,17H,6-7,10-13H2,1-3H3,(H,22,27). The molecule has 2 fully saturated rings. The van der Waals surface area contributed by atoms with Gasteiger partial charge in [0.25, 0.3) is 0 Å². The molecule has 0 spiro atoms. The lowest BCUT2D eigenvalue weighted by atomic mass is 10.00. The monoisotopic (exact) mass is 415 g/mol. The molecule has 1 aliphatic heterocycles. The summed E-state index contributed by atoms with van der Waals surface area (Å²) >= 11 is 1.48. The summed E-state index contributed by atoms with van der Waals surface area (Å²) in [6.07, 6.45) is 4.71. The second kappa shape index (κ2) is 8.65. The minimum atomic E-state index is -0.270. The summed E-state index contributed by atoms with van der Waals surface area (Å²) in [6, 6.07) is 7.83. The molecule has 1 unspecified atom stereocenters. The topological polar surface area (TPSA) is 72.3 Å². The van der Waals surface area contributed by atoms with Gasteiger partial charge in [-0.1, -0.05) is 18.7 Å². The van der Waals surface area contributed by atoms with Crippen LogP contribution >= 0.6 is 11.8 Å². The van der Waals surface area contributed by atoms with Crippen LogP contribution in [0.4, 0.5) is 11.6 Å². The van der Waals surface area contributed by atoms with Crippen LogP contribution in [0.1, 0.15) is 45.6 Å². The quantitative estimate of drug-likeness (QED) is 0.690. The van der Waals surface area contributed by atoms with E-state index in [1.807, 2.05) is 31.2 Å². The van der Waals surface area contributed by atoms with Gasteiger partial charge in [-0.15, -0.1) is 10.2 Å². The number of ether oxygens (including phenoxy) is 1. The summed E-state index contributed by atoms with van der Waals surface area (Å²) in [5.41, 5.74) is 0.759. The Morgan fingerprint density at radius 1 is 1.17 bits per heavy atom. The summed E-state index contributed by atoms with van der Waals surface area (Å²) in [6.45, 7) is 6.29. The fourth-order valence-electron chi connectivity index (χ4n) is 3.56. The molecule has 1 atom stereocenters. The Labute approximate surface area is 176 Å².